The second-order valence-electron chi connectivity index (χ2n) is 5.96. The number of hydrogen-bond acceptors (Lipinski definition) is 7. The van der Waals surface area contributed by atoms with Gasteiger partial charge in [-0.1, -0.05) is 12.1 Å². The number of benzene rings is 1. The van der Waals surface area contributed by atoms with E-state index in [-0.39, 0.29) is 17.1 Å². The molecule has 0 aliphatic heterocycles. The molecule has 6 nitrogen and oxygen atoms in total. The first-order valence-electron chi connectivity index (χ1n) is 7.97. The van der Waals surface area contributed by atoms with Crippen LogP contribution in [-0.2, 0) is 21.4 Å². The molecular weight excluding hydrogens is 404 g/mol. The van der Waals surface area contributed by atoms with Gasteiger partial charge in [-0.3, -0.25) is 0 Å². The number of thiophene rings is 1. The Labute approximate surface area is 166 Å². The van der Waals surface area contributed by atoms with E-state index in [9.17, 15) is 13.2 Å². The standard InChI is InChI=1S/C18H18N2O4S3/c1-12-6-7-14(27(22,23)20(2)3)9-15(12)18(21)24-10-13-11-26-17(19-13)16-5-4-8-25-16/h4-9,11H,10H2,1-3H3. The third kappa shape index (κ3) is 4.27. The summed E-state index contributed by atoms with van der Waals surface area (Å²) in [5.41, 5.74) is 1.54. The maximum Gasteiger partial charge on any atom is 0.338 e. The molecule has 2 heterocycles. The fraction of sp³-hybridized carbons (Fsp3) is 0.222. The van der Waals surface area contributed by atoms with Crippen LogP contribution >= 0.6 is 22.7 Å². The van der Waals surface area contributed by atoms with E-state index in [2.05, 4.69) is 4.98 Å². The number of carbonyl (C=O) groups excluding carboxylic acids is 1. The van der Waals surface area contributed by atoms with Crippen molar-refractivity contribution in [3.63, 3.8) is 0 Å². The fourth-order valence-electron chi connectivity index (χ4n) is 2.30. The Balaban J connectivity index is 1.75. The first-order valence-corrected chi connectivity index (χ1v) is 11.2. The number of aryl methyl sites for hydroxylation is 1. The summed E-state index contributed by atoms with van der Waals surface area (Å²) in [6.07, 6.45) is 0. The molecule has 3 aromatic rings. The molecule has 27 heavy (non-hydrogen) atoms. The lowest BCUT2D eigenvalue weighted by atomic mass is 10.1. The highest BCUT2D eigenvalue weighted by Crippen LogP contribution is 2.28. The molecule has 9 heteroatoms. The van der Waals surface area contributed by atoms with E-state index < -0.39 is 16.0 Å². The first-order chi connectivity index (χ1) is 12.8. The topological polar surface area (TPSA) is 76.6 Å². The van der Waals surface area contributed by atoms with Gasteiger partial charge < -0.3 is 4.74 Å². The molecule has 0 atom stereocenters. The number of sulfonamides is 1. The minimum absolute atomic E-state index is 0.0325. The van der Waals surface area contributed by atoms with Gasteiger partial charge in [0.1, 0.15) is 11.6 Å². The Kier molecular flexibility index (Phi) is 5.75. The van der Waals surface area contributed by atoms with Crippen LogP contribution in [0.1, 0.15) is 21.6 Å². The highest BCUT2D eigenvalue weighted by Gasteiger charge is 2.21. The predicted octanol–water partition coefficient (Wildman–Crippen LogP) is 3.79. The Morgan fingerprint density at radius 1 is 1.22 bits per heavy atom. The van der Waals surface area contributed by atoms with E-state index in [0.717, 1.165) is 14.2 Å². The van der Waals surface area contributed by atoms with E-state index in [1.165, 1.54) is 37.6 Å². The van der Waals surface area contributed by atoms with Gasteiger partial charge in [0, 0.05) is 19.5 Å². The van der Waals surface area contributed by atoms with Crippen molar-refractivity contribution in [1.82, 2.24) is 9.29 Å². The lowest BCUT2D eigenvalue weighted by Crippen LogP contribution is -2.22. The van der Waals surface area contributed by atoms with Crippen molar-refractivity contribution in [1.29, 1.82) is 0 Å². The number of carbonyl (C=O) groups is 1. The van der Waals surface area contributed by atoms with E-state index >= 15 is 0 Å². The molecule has 0 saturated heterocycles. The Morgan fingerprint density at radius 3 is 2.67 bits per heavy atom. The molecule has 0 unspecified atom stereocenters. The normalized spacial score (nSPS) is 11.7. The second-order valence-corrected chi connectivity index (χ2v) is 9.92. The number of ether oxygens (including phenoxy) is 1. The van der Waals surface area contributed by atoms with Crippen LogP contribution < -0.4 is 0 Å². The molecule has 0 saturated carbocycles. The van der Waals surface area contributed by atoms with Crippen molar-refractivity contribution in [3.05, 3.63) is 57.9 Å². The van der Waals surface area contributed by atoms with Crippen LogP contribution in [0.25, 0.3) is 9.88 Å². The monoisotopic (exact) mass is 422 g/mol. The third-order valence-electron chi connectivity index (χ3n) is 3.84. The molecule has 0 aliphatic carbocycles. The van der Waals surface area contributed by atoms with Crippen molar-refractivity contribution in [2.45, 2.75) is 18.4 Å². The molecule has 3 rings (SSSR count). The lowest BCUT2D eigenvalue weighted by molar-refractivity contribution is 0.0467. The predicted molar refractivity (Wildman–Crippen MR) is 107 cm³/mol. The van der Waals surface area contributed by atoms with E-state index in [1.54, 1.807) is 24.3 Å². The number of rotatable bonds is 6. The molecule has 0 fully saturated rings. The van der Waals surface area contributed by atoms with Gasteiger partial charge in [-0.25, -0.2) is 22.5 Å². The second kappa shape index (κ2) is 7.89. The Morgan fingerprint density at radius 2 is 2.00 bits per heavy atom. The van der Waals surface area contributed by atoms with Crippen molar-refractivity contribution in [2.75, 3.05) is 14.1 Å². The molecule has 0 bridgehead atoms. The number of aromatic nitrogens is 1. The zero-order chi connectivity index (χ0) is 19.6. The van der Waals surface area contributed by atoms with Gasteiger partial charge in [0.25, 0.3) is 0 Å². The van der Waals surface area contributed by atoms with Gasteiger partial charge in [0.2, 0.25) is 10.0 Å². The van der Waals surface area contributed by atoms with E-state index in [1.807, 2.05) is 22.9 Å². The highest BCUT2D eigenvalue weighted by atomic mass is 32.2. The molecule has 2 aromatic heterocycles. The van der Waals surface area contributed by atoms with Gasteiger partial charge in [0.05, 0.1) is 21.0 Å². The zero-order valence-electron chi connectivity index (χ0n) is 15.0. The molecular formula is C18H18N2O4S3. The van der Waals surface area contributed by atoms with Crippen LogP contribution in [0, 0.1) is 6.92 Å². The average molecular weight is 423 g/mol. The Bertz CT molecular complexity index is 1050. The molecule has 0 spiro atoms. The average Bonchev–Trinajstić information content (AvgIpc) is 3.31. The summed E-state index contributed by atoms with van der Waals surface area (Å²) >= 11 is 3.09. The van der Waals surface area contributed by atoms with E-state index in [0.29, 0.717) is 11.3 Å². The summed E-state index contributed by atoms with van der Waals surface area (Å²) in [6, 6.07) is 8.38. The highest BCUT2D eigenvalue weighted by molar-refractivity contribution is 7.89. The van der Waals surface area contributed by atoms with Crippen LogP contribution in [0.5, 0.6) is 0 Å². The molecule has 142 valence electrons. The smallest absolute Gasteiger partial charge is 0.338 e. The maximum atomic E-state index is 12.5. The Hall–Kier alpha value is -2.07. The van der Waals surface area contributed by atoms with Crippen molar-refractivity contribution in [3.8, 4) is 9.88 Å². The van der Waals surface area contributed by atoms with Gasteiger partial charge >= 0.3 is 5.97 Å². The lowest BCUT2D eigenvalue weighted by Gasteiger charge is -2.13. The van der Waals surface area contributed by atoms with Crippen LogP contribution in [-0.4, -0.2) is 37.8 Å². The number of esters is 1. The summed E-state index contributed by atoms with van der Waals surface area (Å²) in [5, 5.41) is 4.71. The summed E-state index contributed by atoms with van der Waals surface area (Å²) in [6.45, 7) is 1.77. The quantitative estimate of drug-likeness (QED) is 0.565. The summed E-state index contributed by atoms with van der Waals surface area (Å²) in [4.78, 5) is 18.1. The van der Waals surface area contributed by atoms with Crippen molar-refractivity contribution < 1.29 is 17.9 Å². The molecule has 1 aromatic carbocycles. The first kappa shape index (κ1) is 19.7. The fourth-order valence-corrected chi connectivity index (χ4v) is 4.84. The van der Waals surface area contributed by atoms with Gasteiger partial charge in [-0.15, -0.1) is 22.7 Å². The summed E-state index contributed by atoms with van der Waals surface area (Å²) in [7, 11) is -0.732. The van der Waals surface area contributed by atoms with E-state index in [4.69, 9.17) is 4.74 Å². The SMILES string of the molecule is Cc1ccc(S(=O)(=O)N(C)C)cc1C(=O)OCc1csc(-c2cccs2)n1. The van der Waals surface area contributed by atoms with Crippen LogP contribution in [0.15, 0.2) is 46.0 Å². The van der Waals surface area contributed by atoms with Gasteiger partial charge in [0.15, 0.2) is 0 Å². The van der Waals surface area contributed by atoms with Gasteiger partial charge in [-0.2, -0.15) is 0 Å². The number of nitrogens with zero attached hydrogens (tertiary/aromatic N) is 2. The molecule has 0 N–H and O–H groups in total. The van der Waals surface area contributed by atoms with Crippen LogP contribution in [0.3, 0.4) is 0 Å². The zero-order valence-corrected chi connectivity index (χ0v) is 17.5. The largest absolute Gasteiger partial charge is 0.456 e. The molecule has 0 amide bonds. The minimum atomic E-state index is -3.62. The van der Waals surface area contributed by atoms with Crippen molar-refractivity contribution in [2.24, 2.45) is 0 Å². The number of thiazole rings is 1. The summed E-state index contributed by atoms with van der Waals surface area (Å²) in [5.74, 6) is -0.575. The van der Waals surface area contributed by atoms with Crippen LogP contribution in [0.2, 0.25) is 0 Å². The number of hydrogen-bond donors (Lipinski definition) is 0. The minimum Gasteiger partial charge on any atom is -0.456 e. The molecule has 0 radical (unpaired) electrons. The summed E-state index contributed by atoms with van der Waals surface area (Å²) < 4.78 is 31.0. The van der Waals surface area contributed by atoms with Gasteiger partial charge in [-0.05, 0) is 36.1 Å². The maximum absolute atomic E-state index is 12.5. The van der Waals surface area contributed by atoms with Crippen LogP contribution in [0.4, 0.5) is 0 Å². The van der Waals surface area contributed by atoms with Crippen molar-refractivity contribution >= 4 is 38.7 Å². The molecule has 0 aliphatic rings. The third-order valence-corrected chi connectivity index (χ3v) is 7.58.